The molecule has 0 aromatic heterocycles. The number of hydrogen-bond acceptors (Lipinski definition) is 2. The molecule has 2 rings (SSSR count). The van der Waals surface area contributed by atoms with Crippen molar-refractivity contribution in [2.45, 2.75) is 19.1 Å². The molecule has 0 aliphatic heterocycles. The fourth-order valence-corrected chi connectivity index (χ4v) is 2.71. The van der Waals surface area contributed by atoms with E-state index in [2.05, 4.69) is 21.2 Å². The average molecular weight is 409 g/mol. The Morgan fingerprint density at radius 1 is 1.22 bits per heavy atom. The zero-order valence-corrected chi connectivity index (χ0v) is 14.4. The number of alkyl halides is 3. The van der Waals surface area contributed by atoms with Crippen molar-refractivity contribution < 1.29 is 18.3 Å². The lowest BCUT2D eigenvalue weighted by Crippen LogP contribution is -2.16. The van der Waals surface area contributed by atoms with Gasteiger partial charge in [0, 0.05) is 10.2 Å². The monoisotopic (exact) mass is 407 g/mol. The molecule has 0 amide bonds. The maximum Gasteiger partial charge on any atom is 0.417 e. The van der Waals surface area contributed by atoms with Crippen LogP contribution in [-0.2, 0) is 6.18 Å². The summed E-state index contributed by atoms with van der Waals surface area (Å²) in [5, 5.41) is 12.1. The Bertz CT molecular complexity index is 706. The largest absolute Gasteiger partial charge is 0.417 e. The molecule has 7 heteroatoms. The van der Waals surface area contributed by atoms with E-state index in [1.165, 1.54) is 12.1 Å². The second-order valence-electron chi connectivity index (χ2n) is 5.08. The Morgan fingerprint density at radius 2 is 1.91 bits per heavy atom. The molecule has 0 bridgehead atoms. The normalized spacial score (nSPS) is 13.0. The number of rotatable bonds is 4. The Labute approximate surface area is 145 Å². The molecule has 2 nitrogen and oxygen atoms in total. The molecule has 0 saturated carbocycles. The summed E-state index contributed by atoms with van der Waals surface area (Å²) in [6.07, 6.45) is -4.53. The highest BCUT2D eigenvalue weighted by Crippen LogP contribution is 2.37. The topological polar surface area (TPSA) is 32.3 Å². The van der Waals surface area contributed by atoms with E-state index in [1.54, 1.807) is 0 Å². The lowest BCUT2D eigenvalue weighted by molar-refractivity contribution is -0.137. The second kappa shape index (κ2) is 7.11. The minimum Gasteiger partial charge on any atom is -0.394 e. The van der Waals surface area contributed by atoms with Crippen LogP contribution in [0.15, 0.2) is 40.9 Å². The average Bonchev–Trinajstić information content (AvgIpc) is 2.48. The van der Waals surface area contributed by atoms with Gasteiger partial charge in [-0.05, 0) is 42.3 Å². The van der Waals surface area contributed by atoms with Crippen molar-refractivity contribution in [3.05, 3.63) is 62.6 Å². The lowest BCUT2D eigenvalue weighted by Gasteiger charge is -2.20. The van der Waals surface area contributed by atoms with E-state index in [-0.39, 0.29) is 17.3 Å². The van der Waals surface area contributed by atoms with Gasteiger partial charge in [-0.15, -0.1) is 0 Å². The summed E-state index contributed by atoms with van der Waals surface area (Å²) in [6, 6.07) is 8.55. The van der Waals surface area contributed by atoms with Gasteiger partial charge < -0.3 is 10.4 Å². The number of benzene rings is 2. The summed E-state index contributed by atoms with van der Waals surface area (Å²) < 4.78 is 39.6. The minimum atomic E-state index is -4.53. The predicted octanol–water partition coefficient (Wildman–Crippen LogP) is 5.58. The van der Waals surface area contributed by atoms with E-state index in [1.807, 2.05) is 25.1 Å². The van der Waals surface area contributed by atoms with Gasteiger partial charge in [0.15, 0.2) is 0 Å². The van der Waals surface area contributed by atoms with Crippen LogP contribution in [0.1, 0.15) is 22.7 Å². The molecule has 1 atom stereocenters. The smallest absolute Gasteiger partial charge is 0.394 e. The molecule has 2 N–H and O–H groups in total. The van der Waals surface area contributed by atoms with Crippen LogP contribution in [0.2, 0.25) is 5.02 Å². The molecule has 0 fully saturated rings. The van der Waals surface area contributed by atoms with Crippen LogP contribution in [0.3, 0.4) is 0 Å². The maximum atomic E-state index is 12.9. The van der Waals surface area contributed by atoms with Gasteiger partial charge >= 0.3 is 6.18 Å². The molecule has 0 aliphatic rings. The van der Waals surface area contributed by atoms with Crippen LogP contribution in [-0.4, -0.2) is 11.7 Å². The first kappa shape index (κ1) is 18.1. The highest BCUT2D eigenvalue weighted by atomic mass is 79.9. The summed E-state index contributed by atoms with van der Waals surface area (Å²) in [5.41, 5.74) is 1.10. The third-order valence-electron chi connectivity index (χ3n) is 3.39. The van der Waals surface area contributed by atoms with Gasteiger partial charge in [0.1, 0.15) is 0 Å². The van der Waals surface area contributed by atoms with Crippen molar-refractivity contribution in [2.24, 2.45) is 0 Å². The third-order valence-corrected chi connectivity index (χ3v) is 4.58. The Kier molecular flexibility index (Phi) is 5.60. The van der Waals surface area contributed by atoms with E-state index in [0.29, 0.717) is 0 Å². The molecule has 23 heavy (non-hydrogen) atoms. The molecular formula is C16H14BrClF3NO. The van der Waals surface area contributed by atoms with Gasteiger partial charge in [-0.2, -0.15) is 13.2 Å². The summed E-state index contributed by atoms with van der Waals surface area (Å²) >= 11 is 9.00. The van der Waals surface area contributed by atoms with Crippen LogP contribution in [0.5, 0.6) is 0 Å². The molecule has 0 radical (unpaired) electrons. The Hall–Kier alpha value is -1.24. The van der Waals surface area contributed by atoms with Crippen molar-refractivity contribution >= 4 is 33.2 Å². The van der Waals surface area contributed by atoms with Crippen molar-refractivity contribution in [1.82, 2.24) is 0 Å². The van der Waals surface area contributed by atoms with Crippen molar-refractivity contribution in [3.8, 4) is 0 Å². The predicted molar refractivity (Wildman–Crippen MR) is 88.8 cm³/mol. The van der Waals surface area contributed by atoms with E-state index in [9.17, 15) is 18.3 Å². The van der Waals surface area contributed by atoms with Gasteiger partial charge in [0.05, 0.1) is 23.2 Å². The van der Waals surface area contributed by atoms with Crippen LogP contribution in [0.4, 0.5) is 18.9 Å². The van der Waals surface area contributed by atoms with Gasteiger partial charge in [-0.1, -0.05) is 39.7 Å². The quantitative estimate of drug-likeness (QED) is 0.693. The summed E-state index contributed by atoms with van der Waals surface area (Å²) in [7, 11) is 0. The van der Waals surface area contributed by atoms with E-state index in [0.717, 1.165) is 21.7 Å². The standard InChI is InChI=1S/C16H14BrClF3NO/c1-9-2-3-10(6-13(9)17)15(8-23)22-11-4-5-14(18)12(7-11)16(19,20)21/h2-7,15,22-23H,8H2,1H3. The fourth-order valence-electron chi connectivity index (χ4n) is 2.09. The summed E-state index contributed by atoms with van der Waals surface area (Å²) in [4.78, 5) is 0. The summed E-state index contributed by atoms with van der Waals surface area (Å²) in [5.74, 6) is 0. The number of aliphatic hydroxyl groups is 1. The first-order chi connectivity index (χ1) is 10.7. The minimum absolute atomic E-state index is 0.234. The van der Waals surface area contributed by atoms with Crippen LogP contribution < -0.4 is 5.32 Å². The van der Waals surface area contributed by atoms with Crippen LogP contribution in [0, 0.1) is 6.92 Å². The first-order valence-corrected chi connectivity index (χ1v) is 7.89. The molecule has 124 valence electrons. The van der Waals surface area contributed by atoms with E-state index >= 15 is 0 Å². The highest BCUT2D eigenvalue weighted by Gasteiger charge is 2.33. The zero-order chi connectivity index (χ0) is 17.2. The molecule has 0 heterocycles. The molecule has 0 spiro atoms. The first-order valence-electron chi connectivity index (χ1n) is 6.72. The van der Waals surface area contributed by atoms with E-state index < -0.39 is 17.8 Å². The summed E-state index contributed by atoms with van der Waals surface area (Å²) in [6.45, 7) is 1.66. The molecule has 0 saturated heterocycles. The second-order valence-corrected chi connectivity index (χ2v) is 6.34. The third kappa shape index (κ3) is 4.40. The molecule has 2 aromatic carbocycles. The van der Waals surface area contributed by atoms with Crippen LogP contribution >= 0.6 is 27.5 Å². The van der Waals surface area contributed by atoms with Gasteiger partial charge in [0.2, 0.25) is 0 Å². The number of hydrogen-bond donors (Lipinski definition) is 2. The Morgan fingerprint density at radius 3 is 2.48 bits per heavy atom. The van der Waals surface area contributed by atoms with Crippen molar-refractivity contribution in [3.63, 3.8) is 0 Å². The van der Waals surface area contributed by atoms with Crippen LogP contribution in [0.25, 0.3) is 0 Å². The van der Waals surface area contributed by atoms with E-state index in [4.69, 9.17) is 11.6 Å². The highest BCUT2D eigenvalue weighted by molar-refractivity contribution is 9.10. The molecule has 2 aromatic rings. The number of halogens is 5. The number of nitrogens with one attached hydrogen (secondary N) is 1. The van der Waals surface area contributed by atoms with Gasteiger partial charge in [0.25, 0.3) is 0 Å². The van der Waals surface area contributed by atoms with Gasteiger partial charge in [-0.3, -0.25) is 0 Å². The van der Waals surface area contributed by atoms with Crippen molar-refractivity contribution in [1.29, 1.82) is 0 Å². The molecule has 1 unspecified atom stereocenters. The fraction of sp³-hybridized carbons (Fsp3) is 0.250. The number of aryl methyl sites for hydroxylation is 1. The van der Waals surface area contributed by atoms with Gasteiger partial charge in [-0.25, -0.2) is 0 Å². The lowest BCUT2D eigenvalue weighted by atomic mass is 10.0. The zero-order valence-electron chi connectivity index (χ0n) is 12.1. The molecule has 0 aliphatic carbocycles. The molecular weight excluding hydrogens is 395 g/mol. The number of anilines is 1. The SMILES string of the molecule is Cc1ccc(C(CO)Nc2ccc(Cl)c(C(F)(F)F)c2)cc1Br. The Balaban J connectivity index is 2.30. The maximum absolute atomic E-state index is 12.9. The number of aliphatic hydroxyl groups excluding tert-OH is 1. The van der Waals surface area contributed by atoms with Crippen molar-refractivity contribution in [2.75, 3.05) is 11.9 Å².